The molecule has 0 amide bonds. The van der Waals surface area contributed by atoms with E-state index in [0.717, 1.165) is 25.0 Å². The molecule has 0 radical (unpaired) electrons. The first-order chi connectivity index (χ1) is 9.76. The van der Waals surface area contributed by atoms with Gasteiger partial charge in [0.1, 0.15) is 5.75 Å². The number of hydrogen-bond acceptors (Lipinski definition) is 2. The van der Waals surface area contributed by atoms with Gasteiger partial charge in [-0.1, -0.05) is 39.8 Å². The van der Waals surface area contributed by atoms with Crippen LogP contribution in [0.3, 0.4) is 0 Å². The van der Waals surface area contributed by atoms with Crippen LogP contribution in [0.15, 0.2) is 18.2 Å². The van der Waals surface area contributed by atoms with Crippen molar-refractivity contribution in [3.63, 3.8) is 0 Å². The van der Waals surface area contributed by atoms with Gasteiger partial charge < -0.3 is 10.5 Å². The molecule has 0 bridgehead atoms. The number of amidine groups is 1. The average molecular weight is 288 g/mol. The average Bonchev–Trinajstić information content (AvgIpc) is 3.14. The summed E-state index contributed by atoms with van der Waals surface area (Å²) in [5.74, 6) is 1.25. The van der Waals surface area contributed by atoms with Gasteiger partial charge in [-0.25, -0.2) is 0 Å². The Kier molecular flexibility index (Phi) is 4.31. The second-order valence-corrected chi connectivity index (χ2v) is 7.42. The van der Waals surface area contributed by atoms with Gasteiger partial charge in [-0.05, 0) is 41.9 Å². The molecule has 3 N–H and O–H groups in total. The second-order valence-electron chi connectivity index (χ2n) is 7.42. The summed E-state index contributed by atoms with van der Waals surface area (Å²) in [5, 5.41) is 7.49. The predicted molar refractivity (Wildman–Crippen MR) is 88.2 cm³/mol. The topological polar surface area (TPSA) is 59.1 Å². The van der Waals surface area contributed by atoms with Gasteiger partial charge in [0.05, 0.1) is 12.4 Å². The Bertz CT molecular complexity index is 525. The number of rotatable bonds is 6. The molecule has 1 fully saturated rings. The zero-order valence-corrected chi connectivity index (χ0v) is 13.8. The molecule has 2 rings (SSSR count). The summed E-state index contributed by atoms with van der Waals surface area (Å²) in [7, 11) is 0. The molecule has 3 heteroatoms. The fraction of sp³-hybridized carbons (Fsp3) is 0.611. The number of ether oxygens (including phenoxy) is 1. The van der Waals surface area contributed by atoms with Crippen molar-refractivity contribution in [3.05, 3.63) is 29.3 Å². The highest BCUT2D eigenvalue weighted by Crippen LogP contribution is 2.49. The third-order valence-electron chi connectivity index (χ3n) is 4.32. The third kappa shape index (κ3) is 3.99. The SMILES string of the molecule is CCc1ccc(OCC2(CC(=N)N)CC2)c(C(C)(C)C)c1. The van der Waals surface area contributed by atoms with Crippen molar-refractivity contribution in [1.29, 1.82) is 5.41 Å². The van der Waals surface area contributed by atoms with Gasteiger partial charge in [-0.2, -0.15) is 0 Å². The molecule has 0 aromatic heterocycles. The normalized spacial score (nSPS) is 16.6. The van der Waals surface area contributed by atoms with Crippen LogP contribution < -0.4 is 10.5 Å². The highest BCUT2D eigenvalue weighted by molar-refractivity contribution is 5.78. The number of aryl methyl sites for hydroxylation is 1. The highest BCUT2D eigenvalue weighted by atomic mass is 16.5. The first-order valence-electron chi connectivity index (χ1n) is 7.85. The summed E-state index contributed by atoms with van der Waals surface area (Å²) in [6.07, 6.45) is 3.93. The summed E-state index contributed by atoms with van der Waals surface area (Å²) in [4.78, 5) is 0. The molecular formula is C18H28N2O. The maximum Gasteiger partial charge on any atom is 0.123 e. The zero-order valence-electron chi connectivity index (χ0n) is 13.8. The van der Waals surface area contributed by atoms with Gasteiger partial charge in [0.15, 0.2) is 0 Å². The zero-order chi connectivity index (χ0) is 15.7. The summed E-state index contributed by atoms with van der Waals surface area (Å²) >= 11 is 0. The van der Waals surface area contributed by atoms with Crippen LogP contribution in [0.1, 0.15) is 58.1 Å². The molecule has 0 unspecified atom stereocenters. The van der Waals surface area contributed by atoms with Crippen LogP contribution in [0.25, 0.3) is 0 Å². The molecule has 1 aliphatic carbocycles. The molecule has 1 aromatic carbocycles. The smallest absolute Gasteiger partial charge is 0.123 e. The van der Waals surface area contributed by atoms with Crippen LogP contribution in [0, 0.1) is 10.8 Å². The van der Waals surface area contributed by atoms with Crippen LogP contribution in [0.5, 0.6) is 5.75 Å². The van der Waals surface area contributed by atoms with E-state index in [1.165, 1.54) is 11.1 Å². The summed E-state index contributed by atoms with van der Waals surface area (Å²) < 4.78 is 6.14. The minimum Gasteiger partial charge on any atom is -0.493 e. The summed E-state index contributed by atoms with van der Waals surface area (Å²) in [5.41, 5.74) is 8.34. The molecule has 0 heterocycles. The van der Waals surface area contributed by atoms with E-state index in [1.807, 2.05) is 0 Å². The number of nitrogens with one attached hydrogen (secondary N) is 1. The Morgan fingerprint density at radius 2 is 2.00 bits per heavy atom. The molecule has 1 aliphatic rings. The monoisotopic (exact) mass is 288 g/mol. The minimum absolute atomic E-state index is 0.0673. The third-order valence-corrected chi connectivity index (χ3v) is 4.32. The van der Waals surface area contributed by atoms with Crippen molar-refractivity contribution in [2.75, 3.05) is 6.61 Å². The molecule has 0 spiro atoms. The first kappa shape index (κ1) is 15.9. The minimum atomic E-state index is 0.0673. The molecule has 3 nitrogen and oxygen atoms in total. The van der Waals surface area contributed by atoms with Crippen molar-refractivity contribution < 1.29 is 4.74 Å². The lowest BCUT2D eigenvalue weighted by atomic mass is 9.85. The first-order valence-corrected chi connectivity index (χ1v) is 7.85. The fourth-order valence-corrected chi connectivity index (χ4v) is 2.69. The Labute approximate surface area is 128 Å². The van der Waals surface area contributed by atoms with Crippen molar-refractivity contribution in [2.24, 2.45) is 11.1 Å². The Balaban J connectivity index is 2.15. The van der Waals surface area contributed by atoms with Crippen LogP contribution in [-0.4, -0.2) is 12.4 Å². The van der Waals surface area contributed by atoms with Gasteiger partial charge in [0.2, 0.25) is 0 Å². The lowest BCUT2D eigenvalue weighted by molar-refractivity contribution is 0.233. The lowest BCUT2D eigenvalue weighted by Crippen LogP contribution is -2.23. The molecule has 0 aliphatic heterocycles. The predicted octanol–water partition coefficient (Wildman–Crippen LogP) is 4.03. The molecule has 116 valence electrons. The van der Waals surface area contributed by atoms with E-state index in [0.29, 0.717) is 13.0 Å². The largest absolute Gasteiger partial charge is 0.493 e. The van der Waals surface area contributed by atoms with E-state index in [-0.39, 0.29) is 16.7 Å². The second kappa shape index (κ2) is 5.70. The molecule has 0 saturated heterocycles. The van der Waals surface area contributed by atoms with Crippen LogP contribution in [0.4, 0.5) is 0 Å². The maximum atomic E-state index is 7.49. The number of benzene rings is 1. The van der Waals surface area contributed by atoms with Crippen LogP contribution >= 0.6 is 0 Å². The van der Waals surface area contributed by atoms with Crippen molar-refractivity contribution >= 4 is 5.84 Å². The highest BCUT2D eigenvalue weighted by Gasteiger charge is 2.44. The molecule has 1 aromatic rings. The Hall–Kier alpha value is -1.51. The molecule has 0 atom stereocenters. The van der Waals surface area contributed by atoms with E-state index in [4.69, 9.17) is 15.9 Å². The lowest BCUT2D eigenvalue weighted by Gasteiger charge is -2.25. The van der Waals surface area contributed by atoms with E-state index in [9.17, 15) is 0 Å². The summed E-state index contributed by atoms with van der Waals surface area (Å²) in [6.45, 7) is 9.50. The quantitative estimate of drug-likeness (QED) is 0.613. The maximum absolute atomic E-state index is 7.49. The van der Waals surface area contributed by atoms with Gasteiger partial charge in [-0.15, -0.1) is 0 Å². The van der Waals surface area contributed by atoms with E-state index in [1.54, 1.807) is 0 Å². The standard InChI is InChI=1S/C18H28N2O/c1-5-13-6-7-15(14(10-13)17(2,3)4)21-12-18(8-9-18)11-16(19)20/h6-7,10H,5,8-9,11-12H2,1-4H3,(H3,19,20). The van der Waals surface area contributed by atoms with Gasteiger partial charge in [0, 0.05) is 11.8 Å². The Morgan fingerprint density at radius 1 is 1.33 bits per heavy atom. The summed E-state index contributed by atoms with van der Waals surface area (Å²) in [6, 6.07) is 6.51. The molecule has 21 heavy (non-hydrogen) atoms. The van der Waals surface area contributed by atoms with Crippen molar-refractivity contribution in [2.45, 2.75) is 58.8 Å². The molecular weight excluding hydrogens is 260 g/mol. The Morgan fingerprint density at radius 3 is 2.48 bits per heavy atom. The number of hydrogen-bond donors (Lipinski definition) is 2. The van der Waals surface area contributed by atoms with Crippen LogP contribution in [0.2, 0.25) is 0 Å². The fourth-order valence-electron chi connectivity index (χ4n) is 2.69. The van der Waals surface area contributed by atoms with Crippen LogP contribution in [-0.2, 0) is 11.8 Å². The van der Waals surface area contributed by atoms with E-state index >= 15 is 0 Å². The van der Waals surface area contributed by atoms with Gasteiger partial charge in [0.25, 0.3) is 0 Å². The number of nitrogens with two attached hydrogens (primary N) is 1. The van der Waals surface area contributed by atoms with Crippen molar-refractivity contribution in [1.82, 2.24) is 0 Å². The van der Waals surface area contributed by atoms with E-state index in [2.05, 4.69) is 45.9 Å². The molecule has 1 saturated carbocycles. The van der Waals surface area contributed by atoms with Gasteiger partial charge in [-0.3, -0.25) is 5.41 Å². The van der Waals surface area contributed by atoms with Gasteiger partial charge >= 0.3 is 0 Å². The van der Waals surface area contributed by atoms with E-state index < -0.39 is 0 Å². The van der Waals surface area contributed by atoms with Crippen molar-refractivity contribution in [3.8, 4) is 5.75 Å².